The molecular formula is C15H23ClN2O. The van der Waals surface area contributed by atoms with Crippen molar-refractivity contribution < 1.29 is 4.79 Å². The number of hydrogen-bond acceptors (Lipinski definition) is 2. The highest BCUT2D eigenvalue weighted by atomic mass is 35.5. The topological polar surface area (TPSA) is 46.3 Å². The molecule has 106 valence electrons. The fourth-order valence-corrected chi connectivity index (χ4v) is 2.27. The maximum absolute atomic E-state index is 12.3. The number of nitrogens with two attached hydrogens (primary N) is 1. The lowest BCUT2D eigenvalue weighted by atomic mass is 10.0. The minimum atomic E-state index is 0.00943. The lowest BCUT2D eigenvalue weighted by Crippen LogP contribution is -2.34. The Kier molecular flexibility index (Phi) is 6.32. The molecule has 0 saturated heterocycles. The van der Waals surface area contributed by atoms with Crippen molar-refractivity contribution in [1.29, 1.82) is 0 Å². The molecule has 0 spiro atoms. The first-order valence-corrected chi connectivity index (χ1v) is 7.07. The van der Waals surface area contributed by atoms with E-state index < -0.39 is 0 Å². The van der Waals surface area contributed by atoms with Crippen LogP contribution < -0.4 is 5.73 Å². The zero-order chi connectivity index (χ0) is 14.4. The van der Waals surface area contributed by atoms with Gasteiger partial charge in [0.25, 0.3) is 0 Å². The van der Waals surface area contributed by atoms with Crippen LogP contribution in [0.3, 0.4) is 0 Å². The lowest BCUT2D eigenvalue weighted by molar-refractivity contribution is -0.135. The number of hydrogen-bond donors (Lipinski definition) is 1. The van der Waals surface area contributed by atoms with E-state index in [1.807, 2.05) is 45.2 Å². The van der Waals surface area contributed by atoms with Gasteiger partial charge < -0.3 is 10.6 Å². The molecule has 2 N–H and O–H groups in total. The Hall–Kier alpha value is -1.06. The Morgan fingerprint density at radius 3 is 2.68 bits per heavy atom. The van der Waals surface area contributed by atoms with E-state index in [1.165, 1.54) is 0 Å². The largest absolute Gasteiger partial charge is 0.339 e. The third kappa shape index (κ3) is 4.51. The highest BCUT2D eigenvalue weighted by molar-refractivity contribution is 6.30. The number of carbonyl (C=O) groups excluding carboxylic acids is 1. The van der Waals surface area contributed by atoms with Crippen molar-refractivity contribution in [3.05, 3.63) is 34.9 Å². The fraction of sp³-hybridized carbons (Fsp3) is 0.533. The summed E-state index contributed by atoms with van der Waals surface area (Å²) in [4.78, 5) is 14.1. The van der Waals surface area contributed by atoms with Gasteiger partial charge in [-0.3, -0.25) is 4.79 Å². The minimum absolute atomic E-state index is 0.00943. The minimum Gasteiger partial charge on any atom is -0.339 e. The molecule has 0 aliphatic carbocycles. The molecule has 4 heteroatoms. The van der Waals surface area contributed by atoms with Crippen molar-refractivity contribution in [2.75, 3.05) is 13.6 Å². The molecule has 0 saturated carbocycles. The van der Waals surface area contributed by atoms with E-state index in [0.717, 1.165) is 18.4 Å². The van der Waals surface area contributed by atoms with Crippen LogP contribution in [0.5, 0.6) is 0 Å². The standard InChI is InChI=1S/C15H23ClN2O/c1-11(6-5-9-17)15(19)18(3)12(2)13-7-4-8-14(16)10-13/h4,7-8,10-12H,5-6,9,17H2,1-3H3. The average Bonchev–Trinajstić information content (AvgIpc) is 2.42. The molecule has 1 amide bonds. The van der Waals surface area contributed by atoms with Crippen molar-refractivity contribution in [3.63, 3.8) is 0 Å². The molecule has 0 fully saturated rings. The van der Waals surface area contributed by atoms with Gasteiger partial charge in [-0.15, -0.1) is 0 Å². The molecular weight excluding hydrogens is 260 g/mol. The van der Waals surface area contributed by atoms with E-state index in [1.54, 1.807) is 4.90 Å². The van der Waals surface area contributed by atoms with Crippen LogP contribution in [-0.4, -0.2) is 24.4 Å². The second-order valence-electron chi connectivity index (χ2n) is 5.01. The molecule has 2 unspecified atom stereocenters. The maximum atomic E-state index is 12.3. The van der Waals surface area contributed by atoms with Gasteiger partial charge in [-0.1, -0.05) is 30.7 Å². The predicted octanol–water partition coefficient (Wildman–Crippen LogP) is 3.23. The zero-order valence-corrected chi connectivity index (χ0v) is 12.7. The first-order valence-electron chi connectivity index (χ1n) is 6.69. The molecule has 0 aliphatic heterocycles. The van der Waals surface area contributed by atoms with Crippen LogP contribution in [0.2, 0.25) is 5.02 Å². The number of halogens is 1. The Labute approximate surface area is 120 Å². The van der Waals surface area contributed by atoms with E-state index in [2.05, 4.69) is 0 Å². The number of rotatable bonds is 6. The Morgan fingerprint density at radius 2 is 2.11 bits per heavy atom. The van der Waals surface area contributed by atoms with E-state index in [9.17, 15) is 4.79 Å². The molecule has 2 atom stereocenters. The summed E-state index contributed by atoms with van der Waals surface area (Å²) in [5.74, 6) is 0.163. The van der Waals surface area contributed by atoms with Gasteiger partial charge in [0, 0.05) is 18.0 Å². The summed E-state index contributed by atoms with van der Waals surface area (Å²) < 4.78 is 0. The summed E-state index contributed by atoms with van der Waals surface area (Å²) >= 11 is 5.99. The van der Waals surface area contributed by atoms with Gasteiger partial charge in [0.05, 0.1) is 6.04 Å². The van der Waals surface area contributed by atoms with Crippen LogP contribution >= 0.6 is 11.6 Å². The number of carbonyl (C=O) groups is 1. The molecule has 0 aliphatic rings. The van der Waals surface area contributed by atoms with E-state index in [-0.39, 0.29) is 17.9 Å². The second kappa shape index (κ2) is 7.51. The third-order valence-electron chi connectivity index (χ3n) is 3.52. The van der Waals surface area contributed by atoms with E-state index >= 15 is 0 Å². The van der Waals surface area contributed by atoms with Crippen LogP contribution in [-0.2, 0) is 4.79 Å². The SMILES string of the molecule is CC(CCCN)C(=O)N(C)C(C)c1cccc(Cl)c1. The van der Waals surface area contributed by atoms with Crippen LogP contribution in [0.25, 0.3) is 0 Å². The summed E-state index contributed by atoms with van der Waals surface area (Å²) in [6, 6.07) is 7.66. The van der Waals surface area contributed by atoms with Crippen LogP contribution in [0, 0.1) is 5.92 Å². The zero-order valence-electron chi connectivity index (χ0n) is 11.9. The van der Waals surface area contributed by atoms with Crippen LogP contribution in [0.15, 0.2) is 24.3 Å². The third-order valence-corrected chi connectivity index (χ3v) is 3.76. The maximum Gasteiger partial charge on any atom is 0.225 e. The molecule has 0 radical (unpaired) electrons. The summed E-state index contributed by atoms with van der Waals surface area (Å²) in [6.07, 6.45) is 1.72. The first kappa shape index (κ1) is 16.0. The lowest BCUT2D eigenvalue weighted by Gasteiger charge is -2.28. The molecule has 0 bridgehead atoms. The van der Waals surface area contributed by atoms with Crippen molar-refractivity contribution in [2.24, 2.45) is 11.7 Å². The summed E-state index contributed by atoms with van der Waals surface area (Å²) in [7, 11) is 1.84. The molecule has 0 heterocycles. The van der Waals surface area contributed by atoms with Gasteiger partial charge in [0.1, 0.15) is 0 Å². The molecule has 19 heavy (non-hydrogen) atoms. The molecule has 1 aromatic carbocycles. The van der Waals surface area contributed by atoms with Crippen LogP contribution in [0.1, 0.15) is 38.3 Å². The molecule has 1 aromatic rings. The Morgan fingerprint density at radius 1 is 1.42 bits per heavy atom. The number of benzene rings is 1. The highest BCUT2D eigenvalue weighted by Gasteiger charge is 2.22. The van der Waals surface area contributed by atoms with Gasteiger partial charge in [0.2, 0.25) is 5.91 Å². The molecule has 1 rings (SSSR count). The summed E-state index contributed by atoms with van der Waals surface area (Å²) in [5.41, 5.74) is 6.53. The average molecular weight is 283 g/mol. The normalized spacial score (nSPS) is 13.9. The van der Waals surface area contributed by atoms with Gasteiger partial charge in [0.15, 0.2) is 0 Å². The first-order chi connectivity index (χ1) is 8.97. The predicted molar refractivity (Wildman–Crippen MR) is 80.1 cm³/mol. The fourth-order valence-electron chi connectivity index (χ4n) is 2.08. The molecule has 3 nitrogen and oxygen atoms in total. The molecule has 0 aromatic heterocycles. The van der Waals surface area contributed by atoms with Gasteiger partial charge in [-0.05, 0) is 44.0 Å². The second-order valence-corrected chi connectivity index (χ2v) is 5.45. The van der Waals surface area contributed by atoms with Crippen molar-refractivity contribution in [2.45, 2.75) is 32.7 Å². The van der Waals surface area contributed by atoms with E-state index in [4.69, 9.17) is 17.3 Å². The Bertz CT molecular complexity index is 422. The van der Waals surface area contributed by atoms with Gasteiger partial charge >= 0.3 is 0 Å². The smallest absolute Gasteiger partial charge is 0.225 e. The monoisotopic (exact) mass is 282 g/mol. The number of amides is 1. The number of nitrogens with zero attached hydrogens (tertiary/aromatic N) is 1. The van der Waals surface area contributed by atoms with Crippen molar-refractivity contribution in [3.8, 4) is 0 Å². The highest BCUT2D eigenvalue weighted by Crippen LogP contribution is 2.23. The summed E-state index contributed by atoms with van der Waals surface area (Å²) in [6.45, 7) is 4.60. The summed E-state index contributed by atoms with van der Waals surface area (Å²) in [5, 5.41) is 0.696. The van der Waals surface area contributed by atoms with Gasteiger partial charge in [-0.2, -0.15) is 0 Å². The quantitative estimate of drug-likeness (QED) is 0.871. The van der Waals surface area contributed by atoms with Crippen LogP contribution in [0.4, 0.5) is 0 Å². The van der Waals surface area contributed by atoms with Crippen molar-refractivity contribution >= 4 is 17.5 Å². The van der Waals surface area contributed by atoms with Crippen molar-refractivity contribution in [1.82, 2.24) is 4.90 Å². The van der Waals surface area contributed by atoms with Gasteiger partial charge in [-0.25, -0.2) is 0 Å². The van der Waals surface area contributed by atoms with E-state index in [0.29, 0.717) is 11.6 Å². The Balaban J connectivity index is 2.70.